The van der Waals surface area contributed by atoms with Crippen LogP contribution in [0, 0.1) is 5.92 Å². The molecule has 1 aliphatic rings. The smallest absolute Gasteiger partial charge is 0.256 e. The van der Waals surface area contributed by atoms with Crippen molar-refractivity contribution in [1.29, 1.82) is 0 Å². The van der Waals surface area contributed by atoms with Crippen LogP contribution in [0.2, 0.25) is 0 Å². The molecule has 3 aromatic rings. The van der Waals surface area contributed by atoms with E-state index in [1.165, 1.54) is 6.42 Å². The monoisotopic (exact) mass is 468 g/mol. The van der Waals surface area contributed by atoms with Gasteiger partial charge in [0.2, 0.25) is 5.91 Å². The number of thiophene rings is 1. The summed E-state index contributed by atoms with van der Waals surface area (Å²) in [6, 6.07) is 7.63. The molecule has 176 valence electrons. The lowest BCUT2D eigenvalue weighted by Gasteiger charge is -2.25. The standard InChI is InChI=1S/C25H32N4O3S/c1-17(22-10-7-13-33-22)28(2)25(31)20-14-19(27-24(30)18-8-5-4-6-9-18)15-21-23(20)29(16-26-21)11-12-32-3/h7,10,13-18H,4-6,8-9,11-12H2,1-3H3,(H,27,30). The zero-order valence-electron chi connectivity index (χ0n) is 19.5. The number of aromatic nitrogens is 2. The van der Waals surface area contributed by atoms with Gasteiger partial charge in [-0.2, -0.15) is 0 Å². The van der Waals surface area contributed by atoms with Crippen LogP contribution in [-0.4, -0.2) is 47.0 Å². The van der Waals surface area contributed by atoms with Crippen LogP contribution in [-0.2, 0) is 16.1 Å². The predicted molar refractivity (Wildman–Crippen MR) is 132 cm³/mol. The molecule has 2 aromatic heterocycles. The lowest BCUT2D eigenvalue weighted by molar-refractivity contribution is -0.120. The molecule has 1 atom stereocenters. The molecule has 0 aliphatic heterocycles. The molecule has 1 fully saturated rings. The molecule has 7 nitrogen and oxygen atoms in total. The summed E-state index contributed by atoms with van der Waals surface area (Å²) < 4.78 is 7.19. The molecule has 0 radical (unpaired) electrons. The van der Waals surface area contributed by atoms with Gasteiger partial charge >= 0.3 is 0 Å². The maximum atomic E-state index is 13.7. The van der Waals surface area contributed by atoms with Crippen molar-refractivity contribution in [3.8, 4) is 0 Å². The molecule has 1 N–H and O–H groups in total. The Morgan fingerprint density at radius 2 is 2.09 bits per heavy atom. The first-order chi connectivity index (χ1) is 16.0. The van der Waals surface area contributed by atoms with Crippen molar-refractivity contribution in [3.63, 3.8) is 0 Å². The minimum Gasteiger partial charge on any atom is -0.383 e. The Hall–Kier alpha value is -2.71. The molecule has 1 aromatic carbocycles. The second-order valence-corrected chi connectivity index (χ2v) is 9.73. The summed E-state index contributed by atoms with van der Waals surface area (Å²) >= 11 is 1.63. The molecule has 1 aliphatic carbocycles. The fourth-order valence-corrected chi connectivity index (χ4v) is 5.32. The summed E-state index contributed by atoms with van der Waals surface area (Å²) in [4.78, 5) is 34.0. The van der Waals surface area contributed by atoms with Gasteiger partial charge in [-0.1, -0.05) is 25.3 Å². The van der Waals surface area contributed by atoms with Gasteiger partial charge in [0.05, 0.1) is 35.6 Å². The second kappa shape index (κ2) is 10.5. The van der Waals surface area contributed by atoms with E-state index in [0.29, 0.717) is 29.9 Å². The Labute approximate surface area is 198 Å². The molecule has 1 unspecified atom stereocenters. The highest BCUT2D eigenvalue weighted by molar-refractivity contribution is 7.10. The van der Waals surface area contributed by atoms with E-state index in [-0.39, 0.29) is 23.8 Å². The molecular formula is C25H32N4O3S. The molecular weight excluding hydrogens is 436 g/mol. The van der Waals surface area contributed by atoms with Crippen LogP contribution in [0.1, 0.15) is 60.3 Å². The molecule has 2 amide bonds. The summed E-state index contributed by atoms with van der Waals surface area (Å²) in [5, 5.41) is 5.08. The maximum absolute atomic E-state index is 13.7. The van der Waals surface area contributed by atoms with Gasteiger partial charge in [-0.3, -0.25) is 9.59 Å². The number of hydrogen-bond acceptors (Lipinski definition) is 5. The first kappa shape index (κ1) is 23.4. The van der Waals surface area contributed by atoms with Crippen LogP contribution < -0.4 is 5.32 Å². The van der Waals surface area contributed by atoms with E-state index in [1.54, 1.807) is 35.7 Å². The van der Waals surface area contributed by atoms with Crippen LogP contribution in [0.4, 0.5) is 5.69 Å². The van der Waals surface area contributed by atoms with Gasteiger partial charge in [-0.25, -0.2) is 4.98 Å². The minimum atomic E-state index is -0.103. The fraction of sp³-hybridized carbons (Fsp3) is 0.480. The molecule has 4 rings (SSSR count). The van der Waals surface area contributed by atoms with E-state index in [9.17, 15) is 9.59 Å². The highest BCUT2D eigenvalue weighted by atomic mass is 32.1. The zero-order valence-corrected chi connectivity index (χ0v) is 20.4. The number of carbonyl (C=O) groups excluding carboxylic acids is 2. The molecule has 1 saturated carbocycles. The quantitative estimate of drug-likeness (QED) is 0.499. The van der Waals surface area contributed by atoms with E-state index in [2.05, 4.69) is 10.3 Å². The molecule has 33 heavy (non-hydrogen) atoms. The van der Waals surface area contributed by atoms with Crippen LogP contribution in [0.25, 0.3) is 11.0 Å². The predicted octanol–water partition coefficient (Wildman–Crippen LogP) is 5.10. The molecule has 0 spiro atoms. The van der Waals surface area contributed by atoms with Gasteiger partial charge in [0.15, 0.2) is 0 Å². The average molecular weight is 469 g/mol. The number of nitrogens with one attached hydrogen (secondary N) is 1. The Kier molecular flexibility index (Phi) is 7.45. The number of carbonyl (C=O) groups is 2. The molecule has 0 bridgehead atoms. The zero-order chi connectivity index (χ0) is 23.4. The summed E-state index contributed by atoms with van der Waals surface area (Å²) in [6.07, 6.45) is 6.96. The van der Waals surface area contributed by atoms with Gasteiger partial charge < -0.3 is 19.5 Å². The van der Waals surface area contributed by atoms with Gasteiger partial charge in [0.1, 0.15) is 0 Å². The lowest BCUT2D eigenvalue weighted by atomic mass is 9.88. The first-order valence-corrected chi connectivity index (χ1v) is 12.5. The molecule has 8 heteroatoms. The minimum absolute atomic E-state index is 0.0339. The van der Waals surface area contributed by atoms with Gasteiger partial charge in [-0.05, 0) is 43.3 Å². The number of hydrogen-bond donors (Lipinski definition) is 1. The van der Waals surface area contributed by atoms with Crippen molar-refractivity contribution >= 4 is 39.9 Å². The van der Waals surface area contributed by atoms with Crippen LogP contribution in [0.5, 0.6) is 0 Å². The van der Waals surface area contributed by atoms with Gasteiger partial charge in [-0.15, -0.1) is 11.3 Å². The number of methoxy groups -OCH3 is 1. The highest BCUT2D eigenvalue weighted by Gasteiger charge is 2.26. The van der Waals surface area contributed by atoms with Crippen molar-refractivity contribution in [2.24, 2.45) is 5.92 Å². The third-order valence-corrected chi connectivity index (χ3v) is 7.62. The SMILES string of the molecule is COCCn1cnc2cc(NC(=O)C3CCCCC3)cc(C(=O)N(C)C(C)c3cccs3)c21. The number of ether oxygens (including phenoxy) is 1. The summed E-state index contributed by atoms with van der Waals surface area (Å²) in [7, 11) is 3.47. The van der Waals surface area contributed by atoms with E-state index in [0.717, 1.165) is 36.1 Å². The number of anilines is 1. The Bertz CT molecular complexity index is 1100. The summed E-state index contributed by atoms with van der Waals surface area (Å²) in [6.45, 7) is 3.13. The highest BCUT2D eigenvalue weighted by Crippen LogP contribution is 2.30. The average Bonchev–Trinajstić information content (AvgIpc) is 3.52. The molecule has 0 saturated heterocycles. The Balaban J connectivity index is 1.68. The second-order valence-electron chi connectivity index (χ2n) is 8.75. The number of amides is 2. The molecule has 2 heterocycles. The lowest BCUT2D eigenvalue weighted by Crippen LogP contribution is -2.30. The number of benzene rings is 1. The van der Waals surface area contributed by atoms with Crippen LogP contribution >= 0.6 is 11.3 Å². The normalized spacial score (nSPS) is 15.5. The topological polar surface area (TPSA) is 76.5 Å². The Morgan fingerprint density at radius 1 is 1.30 bits per heavy atom. The van der Waals surface area contributed by atoms with Gasteiger partial charge in [0.25, 0.3) is 5.91 Å². The van der Waals surface area contributed by atoms with E-state index in [1.807, 2.05) is 42.1 Å². The van der Waals surface area contributed by atoms with Crippen molar-refractivity contribution in [2.75, 3.05) is 26.1 Å². The van der Waals surface area contributed by atoms with E-state index >= 15 is 0 Å². The maximum Gasteiger partial charge on any atom is 0.256 e. The number of nitrogens with zero attached hydrogens (tertiary/aromatic N) is 3. The third-order valence-electron chi connectivity index (χ3n) is 6.58. The van der Waals surface area contributed by atoms with Crippen molar-refractivity contribution in [1.82, 2.24) is 14.5 Å². The Morgan fingerprint density at radius 3 is 2.79 bits per heavy atom. The largest absolute Gasteiger partial charge is 0.383 e. The van der Waals surface area contributed by atoms with Crippen LogP contribution in [0.3, 0.4) is 0 Å². The summed E-state index contributed by atoms with van der Waals surface area (Å²) in [5.41, 5.74) is 2.60. The number of rotatable bonds is 8. The van der Waals surface area contributed by atoms with Gasteiger partial charge in [0, 0.05) is 37.2 Å². The van der Waals surface area contributed by atoms with Crippen molar-refractivity contribution in [2.45, 2.75) is 51.6 Å². The fourth-order valence-electron chi connectivity index (χ4n) is 4.50. The number of fused-ring (bicyclic) bond motifs is 1. The third kappa shape index (κ3) is 5.12. The van der Waals surface area contributed by atoms with E-state index in [4.69, 9.17) is 4.74 Å². The van der Waals surface area contributed by atoms with Crippen LogP contribution in [0.15, 0.2) is 36.0 Å². The van der Waals surface area contributed by atoms with Crippen molar-refractivity contribution in [3.05, 3.63) is 46.4 Å². The summed E-state index contributed by atoms with van der Waals surface area (Å²) in [5.74, 6) is -0.0326. The van der Waals surface area contributed by atoms with E-state index < -0.39 is 0 Å². The number of imidazole rings is 1. The first-order valence-electron chi connectivity index (χ1n) is 11.6. The van der Waals surface area contributed by atoms with Crippen molar-refractivity contribution < 1.29 is 14.3 Å².